The predicted octanol–water partition coefficient (Wildman–Crippen LogP) is 1.98. The average Bonchev–Trinajstić information content (AvgIpc) is 2.90. The van der Waals surface area contributed by atoms with Gasteiger partial charge in [-0.1, -0.05) is 41.9 Å². The summed E-state index contributed by atoms with van der Waals surface area (Å²) >= 11 is 12.3. The number of hydrogen-bond donors (Lipinski definition) is 3. The highest BCUT2D eigenvalue weighted by atomic mass is 35.5. The van der Waals surface area contributed by atoms with E-state index in [9.17, 15) is 19.8 Å². The molecule has 6 nitrogen and oxygen atoms in total. The van der Waals surface area contributed by atoms with Crippen LogP contribution in [0.4, 0.5) is 5.69 Å². The summed E-state index contributed by atoms with van der Waals surface area (Å²) in [4.78, 5) is 28.3. The highest BCUT2D eigenvalue weighted by Crippen LogP contribution is 2.40. The maximum absolute atomic E-state index is 12.4. The van der Waals surface area contributed by atoms with Gasteiger partial charge < -0.3 is 15.9 Å². The molecule has 3 rings (SSSR count). The number of nitrogen functional groups attached to an aromatic ring is 1. The molecule has 1 aliphatic heterocycles. The molecule has 0 fully saturated rings. The Morgan fingerprint density at radius 1 is 1.12 bits per heavy atom. The number of hydrogen-bond acceptors (Lipinski definition) is 4. The van der Waals surface area contributed by atoms with Gasteiger partial charge in [-0.2, -0.15) is 0 Å². The number of carboxylic acid groups (broad SMARTS) is 2. The van der Waals surface area contributed by atoms with Crippen molar-refractivity contribution in [2.24, 2.45) is 4.99 Å². The first-order chi connectivity index (χ1) is 12.2. The molecule has 1 heterocycles. The summed E-state index contributed by atoms with van der Waals surface area (Å²) in [6.45, 7) is 3.54. The molecule has 0 radical (unpaired) electrons. The fourth-order valence-electron chi connectivity index (χ4n) is 3.00. The second-order valence-electron chi connectivity index (χ2n) is 5.69. The first-order valence-electron chi connectivity index (χ1n) is 7.30. The first kappa shape index (κ1) is 18.0. The summed E-state index contributed by atoms with van der Waals surface area (Å²) in [6, 6.07) is 8.79. The Morgan fingerprint density at radius 2 is 1.73 bits per heavy atom. The van der Waals surface area contributed by atoms with Gasteiger partial charge in [-0.15, -0.1) is 0 Å². The molecule has 8 heteroatoms. The van der Waals surface area contributed by atoms with Crippen molar-refractivity contribution < 1.29 is 19.8 Å². The fraction of sp³-hybridized carbons (Fsp3) is 0.0556. The Balaban J connectivity index is 2.52. The van der Waals surface area contributed by atoms with E-state index in [0.29, 0.717) is 5.69 Å². The number of nitrogens with two attached hydrogens (primary N) is 1. The van der Waals surface area contributed by atoms with Gasteiger partial charge in [-0.05, 0) is 29.8 Å². The molecule has 1 aliphatic rings. The molecule has 0 aliphatic carbocycles. The normalized spacial score (nSPS) is 18.2. The molecule has 0 saturated carbocycles. The number of nitrogens with zero attached hydrogens (tertiary/aromatic N) is 1. The number of carbonyl (C=O) groups is 2. The van der Waals surface area contributed by atoms with E-state index in [2.05, 4.69) is 11.6 Å². The van der Waals surface area contributed by atoms with Crippen LogP contribution in [0.1, 0.15) is 5.56 Å². The van der Waals surface area contributed by atoms with Gasteiger partial charge in [0.25, 0.3) is 0 Å². The molecule has 0 aromatic heterocycles. The van der Waals surface area contributed by atoms with E-state index < -0.39 is 23.1 Å². The zero-order valence-corrected chi connectivity index (χ0v) is 14.7. The highest BCUT2D eigenvalue weighted by Gasteiger charge is 2.49. The van der Waals surface area contributed by atoms with E-state index >= 15 is 0 Å². The lowest BCUT2D eigenvalue weighted by Gasteiger charge is -2.26. The van der Waals surface area contributed by atoms with Crippen molar-refractivity contribution in [1.82, 2.24) is 0 Å². The largest absolute Gasteiger partial charge is 0.479 e. The van der Waals surface area contributed by atoms with Crippen LogP contribution in [-0.4, -0.2) is 22.2 Å². The summed E-state index contributed by atoms with van der Waals surface area (Å²) in [5, 5.41) is 20.2. The Labute approximate surface area is 157 Å². The third-order valence-electron chi connectivity index (χ3n) is 4.13. The molecule has 0 spiro atoms. The van der Waals surface area contributed by atoms with Crippen LogP contribution in [0.2, 0.25) is 10.0 Å². The van der Waals surface area contributed by atoms with Crippen molar-refractivity contribution in [3.05, 3.63) is 74.7 Å². The number of halogens is 2. The fourth-order valence-corrected chi connectivity index (χ4v) is 3.58. The van der Waals surface area contributed by atoms with E-state index in [-0.39, 0.29) is 31.8 Å². The minimum absolute atomic E-state index is 0.0900. The van der Waals surface area contributed by atoms with Gasteiger partial charge in [0.05, 0.1) is 16.0 Å². The third kappa shape index (κ3) is 2.55. The second kappa shape index (κ2) is 6.16. The lowest BCUT2D eigenvalue weighted by Crippen LogP contribution is -2.37. The molecule has 26 heavy (non-hydrogen) atoms. The molecule has 1 atom stereocenters. The van der Waals surface area contributed by atoms with Crippen molar-refractivity contribution in [3.8, 4) is 0 Å². The van der Waals surface area contributed by atoms with Crippen LogP contribution in [0.3, 0.4) is 0 Å². The molecule has 4 N–H and O–H groups in total. The Hall–Kier alpha value is -2.83. The Morgan fingerprint density at radius 3 is 2.27 bits per heavy atom. The van der Waals surface area contributed by atoms with Crippen molar-refractivity contribution in [3.63, 3.8) is 0 Å². The average molecular weight is 391 g/mol. The van der Waals surface area contributed by atoms with Gasteiger partial charge >= 0.3 is 11.9 Å². The van der Waals surface area contributed by atoms with Gasteiger partial charge in [-0.3, -0.25) is 4.99 Å². The minimum atomic E-state index is -2.03. The lowest BCUT2D eigenvalue weighted by molar-refractivity contribution is -0.141. The van der Waals surface area contributed by atoms with Gasteiger partial charge in [0.2, 0.25) is 5.54 Å². The topological polar surface area (TPSA) is 113 Å². The van der Waals surface area contributed by atoms with Gasteiger partial charge in [0, 0.05) is 21.5 Å². The van der Waals surface area contributed by atoms with Crippen LogP contribution in [0, 0.1) is 0 Å². The van der Waals surface area contributed by atoms with Gasteiger partial charge in [0.1, 0.15) is 0 Å². The zero-order valence-electron chi connectivity index (χ0n) is 13.2. The number of fused-ring (bicyclic) bond motifs is 1. The van der Waals surface area contributed by atoms with Crippen LogP contribution in [0.5, 0.6) is 0 Å². The van der Waals surface area contributed by atoms with Crippen LogP contribution < -0.4 is 16.3 Å². The SMILES string of the molecule is C=C(C(=O)O)C1=c2c(Cl)cc(Cl)cc2=NC1(C(=O)O)c1ccc(N)cc1. The van der Waals surface area contributed by atoms with Gasteiger partial charge in [0.15, 0.2) is 0 Å². The number of anilines is 1. The summed E-state index contributed by atoms with van der Waals surface area (Å²) in [7, 11) is 0. The molecule has 0 bridgehead atoms. The summed E-state index contributed by atoms with van der Waals surface area (Å²) < 4.78 is 0. The molecule has 132 valence electrons. The molecule has 0 amide bonds. The van der Waals surface area contributed by atoms with E-state index in [1.165, 1.54) is 36.4 Å². The lowest BCUT2D eigenvalue weighted by atomic mass is 9.80. The third-order valence-corrected chi connectivity index (χ3v) is 4.65. The van der Waals surface area contributed by atoms with Crippen molar-refractivity contribution in [2.75, 3.05) is 5.73 Å². The van der Waals surface area contributed by atoms with Crippen LogP contribution in [0.15, 0.2) is 53.5 Å². The zero-order chi connectivity index (χ0) is 19.2. The van der Waals surface area contributed by atoms with E-state index in [4.69, 9.17) is 28.9 Å². The van der Waals surface area contributed by atoms with E-state index in [1.54, 1.807) is 0 Å². The second-order valence-corrected chi connectivity index (χ2v) is 6.53. The van der Waals surface area contributed by atoms with Gasteiger partial charge in [-0.25, -0.2) is 9.59 Å². The maximum Gasteiger partial charge on any atom is 0.341 e. The minimum Gasteiger partial charge on any atom is -0.479 e. The van der Waals surface area contributed by atoms with Crippen LogP contribution in [0.25, 0.3) is 5.57 Å². The molecular weight excluding hydrogens is 379 g/mol. The predicted molar refractivity (Wildman–Crippen MR) is 97.6 cm³/mol. The maximum atomic E-state index is 12.4. The Bertz CT molecular complexity index is 1090. The van der Waals surface area contributed by atoms with Crippen molar-refractivity contribution in [1.29, 1.82) is 0 Å². The summed E-state index contributed by atoms with van der Waals surface area (Å²) in [5.41, 5.74) is 3.76. The molecule has 0 saturated heterocycles. The monoisotopic (exact) mass is 390 g/mol. The molecular formula is C18H12Cl2N2O4. The number of carboxylic acids is 2. The van der Waals surface area contributed by atoms with Crippen LogP contribution in [-0.2, 0) is 15.1 Å². The summed E-state index contributed by atoms with van der Waals surface area (Å²) in [5.74, 6) is -2.75. The van der Waals surface area contributed by atoms with E-state index in [1.807, 2.05) is 0 Å². The molecule has 2 aromatic rings. The van der Waals surface area contributed by atoms with E-state index in [0.717, 1.165) is 0 Å². The smallest absolute Gasteiger partial charge is 0.341 e. The standard InChI is InChI=1S/C18H12Cl2N2O4/c1-8(16(23)24)15-14-12(20)6-10(19)7-13(14)22-18(15,17(25)26)9-2-4-11(21)5-3-9/h2-7H,1,21H2,(H,23,24)(H,25,26). The quantitative estimate of drug-likeness (QED) is 0.545. The molecule has 1 unspecified atom stereocenters. The number of rotatable bonds is 4. The van der Waals surface area contributed by atoms with Crippen LogP contribution >= 0.6 is 23.2 Å². The number of benzene rings is 2. The van der Waals surface area contributed by atoms with Crippen molar-refractivity contribution >= 4 is 46.4 Å². The summed E-state index contributed by atoms with van der Waals surface area (Å²) in [6.07, 6.45) is 0. The molecule has 2 aromatic carbocycles. The van der Waals surface area contributed by atoms with Crippen molar-refractivity contribution in [2.45, 2.75) is 5.54 Å². The Kier molecular flexibility index (Phi) is 4.26. The number of aliphatic carboxylic acids is 2. The highest BCUT2D eigenvalue weighted by molar-refractivity contribution is 6.35. The first-order valence-corrected chi connectivity index (χ1v) is 8.05.